The second-order valence-corrected chi connectivity index (χ2v) is 15.7. The SMILES string of the molecule is COc1ccccc1P(CC(CP(c1ccccc1OC)c1ccccc1OC)Oc1c(C)cc(C)cc1C)c1ccccc1OC. The largest absolute Gasteiger partial charge is 0.496 e. The molecule has 47 heavy (non-hydrogen) atoms. The molecule has 0 atom stereocenters. The third-order valence-electron chi connectivity index (χ3n) is 8.17. The summed E-state index contributed by atoms with van der Waals surface area (Å²) < 4.78 is 31.1. The van der Waals surface area contributed by atoms with Crippen LogP contribution in [0.2, 0.25) is 0 Å². The lowest BCUT2D eigenvalue weighted by Crippen LogP contribution is -2.33. The molecule has 5 aromatic rings. The number of hydrogen-bond donors (Lipinski definition) is 0. The van der Waals surface area contributed by atoms with Gasteiger partial charge in [-0.05, 0) is 72.0 Å². The van der Waals surface area contributed by atoms with Gasteiger partial charge in [-0.25, -0.2) is 0 Å². The van der Waals surface area contributed by atoms with Gasteiger partial charge in [-0.3, -0.25) is 0 Å². The van der Waals surface area contributed by atoms with Crippen LogP contribution in [0, 0.1) is 20.8 Å². The van der Waals surface area contributed by atoms with Crippen LogP contribution in [0.25, 0.3) is 0 Å². The highest BCUT2D eigenvalue weighted by Gasteiger charge is 2.31. The maximum atomic E-state index is 7.24. The van der Waals surface area contributed by atoms with Crippen molar-refractivity contribution in [1.29, 1.82) is 0 Å². The van der Waals surface area contributed by atoms with Crippen molar-refractivity contribution in [3.8, 4) is 28.7 Å². The molecule has 0 N–H and O–H groups in total. The van der Waals surface area contributed by atoms with Gasteiger partial charge in [-0.15, -0.1) is 0 Å². The fourth-order valence-electron chi connectivity index (χ4n) is 6.12. The van der Waals surface area contributed by atoms with E-state index in [1.54, 1.807) is 28.4 Å². The smallest absolute Gasteiger partial charge is 0.126 e. The molecular weight excluding hydrogens is 622 g/mol. The van der Waals surface area contributed by atoms with Crippen molar-refractivity contribution < 1.29 is 23.7 Å². The number of rotatable bonds is 14. The Bertz CT molecular complexity index is 1570. The number of hydrogen-bond acceptors (Lipinski definition) is 5. The van der Waals surface area contributed by atoms with Crippen LogP contribution < -0.4 is 44.9 Å². The van der Waals surface area contributed by atoms with E-state index in [4.69, 9.17) is 23.7 Å². The highest BCUT2D eigenvalue weighted by Crippen LogP contribution is 2.46. The first-order chi connectivity index (χ1) is 22.9. The van der Waals surface area contributed by atoms with Crippen molar-refractivity contribution in [2.24, 2.45) is 0 Å². The summed E-state index contributed by atoms with van der Waals surface area (Å²) in [6.45, 7) is 6.41. The summed E-state index contributed by atoms with van der Waals surface area (Å²) >= 11 is 0. The Morgan fingerprint density at radius 3 is 1.06 bits per heavy atom. The quantitative estimate of drug-likeness (QED) is 0.114. The molecule has 0 spiro atoms. The molecule has 5 nitrogen and oxygen atoms in total. The average molecular weight is 667 g/mol. The highest BCUT2D eigenvalue weighted by atomic mass is 31.1. The fraction of sp³-hybridized carbons (Fsp3) is 0.250. The van der Waals surface area contributed by atoms with Crippen LogP contribution in [-0.4, -0.2) is 46.9 Å². The van der Waals surface area contributed by atoms with Crippen LogP contribution in [0.15, 0.2) is 109 Å². The molecule has 0 radical (unpaired) electrons. The van der Waals surface area contributed by atoms with Crippen molar-refractivity contribution in [2.75, 3.05) is 40.8 Å². The molecule has 5 aromatic carbocycles. The fourth-order valence-corrected chi connectivity index (χ4v) is 11.6. The Labute approximate surface area is 282 Å². The topological polar surface area (TPSA) is 46.2 Å². The van der Waals surface area contributed by atoms with Crippen LogP contribution >= 0.6 is 15.8 Å². The summed E-state index contributed by atoms with van der Waals surface area (Å²) in [6, 6.07) is 37.7. The van der Waals surface area contributed by atoms with Crippen molar-refractivity contribution >= 4 is 37.1 Å². The summed E-state index contributed by atoms with van der Waals surface area (Å²) in [5.74, 6) is 4.39. The maximum Gasteiger partial charge on any atom is 0.126 e. The normalized spacial score (nSPS) is 11.2. The van der Waals surface area contributed by atoms with Gasteiger partial charge in [-0.1, -0.05) is 90.5 Å². The molecule has 5 rings (SSSR count). The number of para-hydroxylation sites is 4. The zero-order chi connectivity index (χ0) is 33.3. The Morgan fingerprint density at radius 1 is 0.468 bits per heavy atom. The van der Waals surface area contributed by atoms with Gasteiger partial charge in [0, 0.05) is 33.5 Å². The summed E-state index contributed by atoms with van der Waals surface area (Å²) in [6.07, 6.45) is 1.30. The zero-order valence-corrected chi connectivity index (χ0v) is 30.1. The zero-order valence-electron chi connectivity index (χ0n) is 28.3. The van der Waals surface area contributed by atoms with E-state index in [0.29, 0.717) is 0 Å². The lowest BCUT2D eigenvalue weighted by molar-refractivity contribution is 0.246. The molecule has 0 amide bonds. The average Bonchev–Trinajstić information content (AvgIpc) is 3.10. The summed E-state index contributed by atoms with van der Waals surface area (Å²) in [5, 5.41) is 4.61. The van der Waals surface area contributed by atoms with E-state index in [1.165, 1.54) is 5.56 Å². The molecule has 0 aliphatic heterocycles. The minimum Gasteiger partial charge on any atom is -0.496 e. The predicted octanol–water partition coefficient (Wildman–Crippen LogP) is 7.66. The van der Waals surface area contributed by atoms with E-state index in [1.807, 2.05) is 48.5 Å². The van der Waals surface area contributed by atoms with Gasteiger partial charge in [0.1, 0.15) is 34.9 Å². The summed E-state index contributed by atoms with van der Waals surface area (Å²) in [5.41, 5.74) is 3.48. The van der Waals surface area contributed by atoms with Crippen molar-refractivity contribution in [3.05, 3.63) is 126 Å². The van der Waals surface area contributed by atoms with E-state index in [0.717, 1.165) is 73.4 Å². The first kappa shape index (κ1) is 34.3. The van der Waals surface area contributed by atoms with Crippen LogP contribution in [-0.2, 0) is 0 Å². The third kappa shape index (κ3) is 7.92. The molecular formula is C40H44O5P2. The molecule has 0 aromatic heterocycles. The van der Waals surface area contributed by atoms with Gasteiger partial charge in [0.25, 0.3) is 0 Å². The number of methoxy groups -OCH3 is 4. The van der Waals surface area contributed by atoms with E-state index in [2.05, 4.69) is 81.4 Å². The van der Waals surface area contributed by atoms with Gasteiger partial charge in [0.15, 0.2) is 0 Å². The second kappa shape index (κ2) is 16.2. The molecule has 0 aliphatic rings. The van der Waals surface area contributed by atoms with E-state index in [-0.39, 0.29) is 6.10 Å². The molecule has 0 heterocycles. The van der Waals surface area contributed by atoms with Crippen LogP contribution in [0.4, 0.5) is 0 Å². The van der Waals surface area contributed by atoms with Gasteiger partial charge < -0.3 is 23.7 Å². The van der Waals surface area contributed by atoms with Gasteiger partial charge >= 0.3 is 0 Å². The van der Waals surface area contributed by atoms with Crippen LogP contribution in [0.5, 0.6) is 28.7 Å². The van der Waals surface area contributed by atoms with Crippen molar-refractivity contribution in [3.63, 3.8) is 0 Å². The van der Waals surface area contributed by atoms with Crippen LogP contribution in [0.1, 0.15) is 16.7 Å². The van der Waals surface area contributed by atoms with E-state index < -0.39 is 15.8 Å². The molecule has 7 heteroatoms. The Balaban J connectivity index is 1.70. The Hall–Kier alpha value is -4.04. The highest BCUT2D eigenvalue weighted by molar-refractivity contribution is 7.74. The van der Waals surface area contributed by atoms with E-state index >= 15 is 0 Å². The summed E-state index contributed by atoms with van der Waals surface area (Å²) in [4.78, 5) is 0. The molecule has 0 unspecified atom stereocenters. The predicted molar refractivity (Wildman–Crippen MR) is 199 cm³/mol. The second-order valence-electron chi connectivity index (χ2n) is 11.4. The lowest BCUT2D eigenvalue weighted by Gasteiger charge is -2.32. The third-order valence-corrected chi connectivity index (χ3v) is 13.5. The summed E-state index contributed by atoms with van der Waals surface area (Å²) in [7, 11) is 4.99. The minimum absolute atomic E-state index is 0.183. The monoisotopic (exact) mass is 666 g/mol. The van der Waals surface area contributed by atoms with Crippen molar-refractivity contribution in [1.82, 2.24) is 0 Å². The molecule has 0 saturated carbocycles. The maximum absolute atomic E-state index is 7.24. The van der Waals surface area contributed by atoms with Gasteiger partial charge in [0.05, 0.1) is 28.4 Å². The van der Waals surface area contributed by atoms with Crippen molar-refractivity contribution in [2.45, 2.75) is 26.9 Å². The molecule has 0 aliphatic carbocycles. The standard InChI is InChI=1S/C40H44O5P2/c1-28-24-29(2)40(30(3)25-28)45-31(26-46(36-20-12-8-16-32(36)41-4)37-21-13-9-17-33(37)42-5)27-47(38-22-14-10-18-34(38)43-6)39-23-15-11-19-35(39)44-7/h8-25,31H,26-27H2,1-7H3. The number of benzene rings is 5. The van der Waals surface area contributed by atoms with Crippen LogP contribution in [0.3, 0.4) is 0 Å². The number of ether oxygens (including phenoxy) is 5. The molecule has 244 valence electrons. The first-order valence-corrected chi connectivity index (χ1v) is 18.8. The van der Waals surface area contributed by atoms with E-state index in [9.17, 15) is 0 Å². The molecule has 0 bridgehead atoms. The Kier molecular flexibility index (Phi) is 11.8. The lowest BCUT2D eigenvalue weighted by atomic mass is 10.1. The number of aryl methyl sites for hydroxylation is 3. The molecule has 0 fully saturated rings. The first-order valence-electron chi connectivity index (χ1n) is 15.7. The minimum atomic E-state index is -0.983. The van der Waals surface area contributed by atoms with Gasteiger partial charge in [-0.2, -0.15) is 0 Å². The Morgan fingerprint density at radius 2 is 0.766 bits per heavy atom. The molecule has 0 saturated heterocycles. The van der Waals surface area contributed by atoms with Gasteiger partial charge in [0.2, 0.25) is 0 Å².